The Morgan fingerprint density at radius 1 is 0.742 bits per heavy atom. The van der Waals surface area contributed by atoms with E-state index in [1.54, 1.807) is 18.2 Å². The number of rotatable bonds is 4. The van der Waals surface area contributed by atoms with Crippen LogP contribution in [0.1, 0.15) is 11.1 Å². The Labute approximate surface area is 180 Å². The number of phenolic OH excluding ortho intramolecular Hbond substituents is 1. The molecule has 5 aromatic carbocycles. The lowest BCUT2D eigenvalue weighted by atomic mass is 9.89. The van der Waals surface area contributed by atoms with Crippen LogP contribution in [0.5, 0.6) is 11.5 Å². The highest BCUT2D eigenvalue weighted by molar-refractivity contribution is 6.09. The van der Waals surface area contributed by atoms with E-state index in [9.17, 15) is 9.50 Å². The van der Waals surface area contributed by atoms with E-state index >= 15 is 0 Å². The molecular formula is C28H21FO2. The van der Waals surface area contributed by atoms with Crippen molar-refractivity contribution in [1.29, 1.82) is 0 Å². The Morgan fingerprint density at radius 3 is 2.16 bits per heavy atom. The first-order valence-electron chi connectivity index (χ1n) is 10.2. The van der Waals surface area contributed by atoms with Crippen LogP contribution in [0.3, 0.4) is 0 Å². The van der Waals surface area contributed by atoms with Crippen LogP contribution < -0.4 is 4.74 Å². The molecular weight excluding hydrogens is 387 g/mol. The summed E-state index contributed by atoms with van der Waals surface area (Å²) in [5, 5.41) is 15.4. The van der Waals surface area contributed by atoms with E-state index < -0.39 is 0 Å². The average Bonchev–Trinajstić information content (AvgIpc) is 2.79. The summed E-state index contributed by atoms with van der Waals surface area (Å²) in [7, 11) is 0. The third kappa shape index (κ3) is 3.38. The van der Waals surface area contributed by atoms with Gasteiger partial charge in [-0.2, -0.15) is 0 Å². The van der Waals surface area contributed by atoms with Crippen molar-refractivity contribution in [2.45, 2.75) is 13.5 Å². The van der Waals surface area contributed by atoms with Crippen molar-refractivity contribution in [1.82, 2.24) is 0 Å². The number of hydrogen-bond acceptors (Lipinski definition) is 2. The van der Waals surface area contributed by atoms with Gasteiger partial charge in [0.15, 0.2) is 11.5 Å². The van der Waals surface area contributed by atoms with E-state index in [1.807, 2.05) is 49.4 Å². The fourth-order valence-electron chi connectivity index (χ4n) is 4.16. The number of halogens is 1. The highest BCUT2D eigenvalue weighted by Gasteiger charge is 2.19. The molecule has 0 aromatic heterocycles. The number of phenols is 1. The van der Waals surface area contributed by atoms with Crippen molar-refractivity contribution >= 4 is 21.5 Å². The quantitative estimate of drug-likeness (QED) is 0.336. The molecule has 0 radical (unpaired) electrons. The molecule has 0 saturated carbocycles. The minimum absolute atomic E-state index is 0.0343. The Morgan fingerprint density at radius 2 is 1.39 bits per heavy atom. The average molecular weight is 408 g/mol. The number of ether oxygens (including phenoxy) is 1. The molecule has 5 aromatic rings. The molecule has 0 amide bonds. The Kier molecular flexibility index (Phi) is 4.79. The molecule has 0 fully saturated rings. The number of fused-ring (bicyclic) bond motifs is 2. The van der Waals surface area contributed by atoms with Crippen molar-refractivity contribution < 1.29 is 14.2 Å². The Balaban J connectivity index is 1.73. The molecule has 152 valence electrons. The summed E-state index contributed by atoms with van der Waals surface area (Å²) in [6.45, 7) is 2.08. The third-order valence-electron chi connectivity index (χ3n) is 5.72. The summed E-state index contributed by atoms with van der Waals surface area (Å²) in [4.78, 5) is 0. The number of benzene rings is 5. The smallest absolute Gasteiger partial charge is 0.166 e. The first-order chi connectivity index (χ1) is 15.1. The van der Waals surface area contributed by atoms with Crippen molar-refractivity contribution in [2.75, 3.05) is 0 Å². The number of hydrogen-bond donors (Lipinski definition) is 1. The maximum Gasteiger partial charge on any atom is 0.166 e. The van der Waals surface area contributed by atoms with Gasteiger partial charge in [0.1, 0.15) is 12.4 Å². The summed E-state index contributed by atoms with van der Waals surface area (Å²) in [6, 6.07) is 28.5. The van der Waals surface area contributed by atoms with Gasteiger partial charge >= 0.3 is 0 Å². The molecule has 0 aliphatic heterocycles. The van der Waals surface area contributed by atoms with Crippen molar-refractivity contribution in [3.63, 3.8) is 0 Å². The lowest BCUT2D eigenvalue weighted by Gasteiger charge is -2.18. The topological polar surface area (TPSA) is 29.5 Å². The molecule has 0 aliphatic rings. The molecule has 0 atom stereocenters. The molecule has 0 bridgehead atoms. The van der Waals surface area contributed by atoms with Crippen LogP contribution in [0.25, 0.3) is 32.7 Å². The van der Waals surface area contributed by atoms with E-state index in [2.05, 4.69) is 24.3 Å². The standard InChI is InChI=1S/C28H21FO2/c1-18-14-15-19-8-2-5-11-22(19)26(18)27-23-12-6-3-9-20(23)16-25(28(27)30)31-17-21-10-4-7-13-24(21)29/h2-16,30H,17H2,1H3. The summed E-state index contributed by atoms with van der Waals surface area (Å²) in [5.74, 6) is 0.0756. The van der Waals surface area contributed by atoms with Gasteiger partial charge in [-0.25, -0.2) is 4.39 Å². The zero-order chi connectivity index (χ0) is 21.4. The Hall–Kier alpha value is -3.85. The maximum absolute atomic E-state index is 14.1. The van der Waals surface area contributed by atoms with E-state index in [0.29, 0.717) is 11.3 Å². The summed E-state index contributed by atoms with van der Waals surface area (Å²) in [5.41, 5.74) is 3.21. The molecule has 0 heterocycles. The van der Waals surface area contributed by atoms with Gasteiger partial charge in [0.05, 0.1) is 0 Å². The highest BCUT2D eigenvalue weighted by atomic mass is 19.1. The van der Waals surface area contributed by atoms with Crippen molar-refractivity contribution in [3.8, 4) is 22.6 Å². The second kappa shape index (κ2) is 7.77. The largest absolute Gasteiger partial charge is 0.504 e. The van der Waals surface area contributed by atoms with Crippen LogP contribution in [-0.2, 0) is 6.61 Å². The second-order valence-electron chi connectivity index (χ2n) is 7.68. The number of aryl methyl sites for hydroxylation is 1. The first kappa shape index (κ1) is 19.1. The molecule has 0 saturated heterocycles. The minimum Gasteiger partial charge on any atom is -0.504 e. The van der Waals surface area contributed by atoms with E-state index in [-0.39, 0.29) is 18.2 Å². The summed E-state index contributed by atoms with van der Waals surface area (Å²) < 4.78 is 20.0. The summed E-state index contributed by atoms with van der Waals surface area (Å²) in [6.07, 6.45) is 0. The van der Waals surface area contributed by atoms with Gasteiger partial charge in [-0.3, -0.25) is 0 Å². The predicted molar refractivity (Wildman–Crippen MR) is 124 cm³/mol. The van der Waals surface area contributed by atoms with Crippen LogP contribution in [0.15, 0.2) is 91.0 Å². The number of aromatic hydroxyl groups is 1. The van der Waals surface area contributed by atoms with Crippen LogP contribution in [0, 0.1) is 12.7 Å². The van der Waals surface area contributed by atoms with E-state index in [1.165, 1.54) is 6.07 Å². The zero-order valence-corrected chi connectivity index (χ0v) is 17.1. The molecule has 3 heteroatoms. The van der Waals surface area contributed by atoms with Crippen LogP contribution in [-0.4, -0.2) is 5.11 Å². The molecule has 0 unspecified atom stereocenters. The second-order valence-corrected chi connectivity index (χ2v) is 7.68. The van der Waals surface area contributed by atoms with Crippen molar-refractivity contribution in [2.24, 2.45) is 0 Å². The van der Waals surface area contributed by atoms with E-state index in [0.717, 1.165) is 38.2 Å². The lowest BCUT2D eigenvalue weighted by molar-refractivity contribution is 0.285. The van der Waals surface area contributed by atoms with Crippen LogP contribution in [0.2, 0.25) is 0 Å². The van der Waals surface area contributed by atoms with Gasteiger partial charge in [-0.05, 0) is 51.7 Å². The van der Waals surface area contributed by atoms with E-state index in [4.69, 9.17) is 4.74 Å². The van der Waals surface area contributed by atoms with Gasteiger partial charge in [-0.15, -0.1) is 0 Å². The molecule has 1 N–H and O–H groups in total. The SMILES string of the molecule is Cc1ccc2ccccc2c1-c1c(O)c(OCc2ccccc2F)cc2ccccc12. The molecule has 31 heavy (non-hydrogen) atoms. The third-order valence-corrected chi connectivity index (χ3v) is 5.72. The van der Waals surface area contributed by atoms with Gasteiger partial charge in [-0.1, -0.05) is 78.9 Å². The van der Waals surface area contributed by atoms with Crippen LogP contribution in [0.4, 0.5) is 4.39 Å². The minimum atomic E-state index is -0.326. The molecule has 2 nitrogen and oxygen atoms in total. The fraction of sp³-hybridized carbons (Fsp3) is 0.0714. The molecule has 0 spiro atoms. The zero-order valence-electron chi connectivity index (χ0n) is 17.1. The van der Waals surface area contributed by atoms with Crippen molar-refractivity contribution in [3.05, 3.63) is 108 Å². The monoisotopic (exact) mass is 408 g/mol. The maximum atomic E-state index is 14.1. The first-order valence-corrected chi connectivity index (χ1v) is 10.2. The predicted octanol–water partition coefficient (Wildman–Crippen LogP) is 7.39. The highest BCUT2D eigenvalue weighted by Crippen LogP contribution is 2.46. The van der Waals surface area contributed by atoms with Crippen LogP contribution >= 0.6 is 0 Å². The normalized spacial score (nSPS) is 11.2. The molecule has 5 rings (SSSR count). The molecule has 0 aliphatic carbocycles. The van der Waals surface area contributed by atoms with Gasteiger partial charge in [0, 0.05) is 11.1 Å². The van der Waals surface area contributed by atoms with Gasteiger partial charge < -0.3 is 9.84 Å². The fourth-order valence-corrected chi connectivity index (χ4v) is 4.16. The summed E-state index contributed by atoms with van der Waals surface area (Å²) >= 11 is 0. The Bertz CT molecular complexity index is 1420. The lowest BCUT2D eigenvalue weighted by Crippen LogP contribution is -1.99. The van der Waals surface area contributed by atoms with Gasteiger partial charge in [0.25, 0.3) is 0 Å². The van der Waals surface area contributed by atoms with Gasteiger partial charge in [0.2, 0.25) is 0 Å².